The molecule has 10 heteroatoms. The van der Waals surface area contributed by atoms with Crippen LogP contribution < -0.4 is 9.47 Å². The number of carbonyl (C=O) groups excluding carboxylic acids is 1. The number of thioether (sulfide) groups is 1. The van der Waals surface area contributed by atoms with E-state index >= 15 is 0 Å². The molecule has 3 rings (SSSR count). The van der Waals surface area contributed by atoms with Gasteiger partial charge in [0.2, 0.25) is 5.13 Å². The number of hydrogen-bond donors (Lipinski definition) is 1. The Kier molecular flexibility index (Phi) is 7.11. The highest BCUT2D eigenvalue weighted by Gasteiger charge is 2.32. The molecule has 1 amide bonds. The lowest BCUT2D eigenvalue weighted by molar-refractivity contribution is -0.137. The number of aryl methyl sites for hydroxylation is 1. The van der Waals surface area contributed by atoms with Gasteiger partial charge in [-0.1, -0.05) is 6.07 Å². The monoisotopic (exact) mass is 447 g/mol. The fourth-order valence-electron chi connectivity index (χ4n) is 2.64. The van der Waals surface area contributed by atoms with Crippen molar-refractivity contribution in [2.45, 2.75) is 20.3 Å². The molecule has 0 radical (unpaired) electrons. The quantitative estimate of drug-likeness (QED) is 0.612. The van der Waals surface area contributed by atoms with Gasteiger partial charge in [0.15, 0.2) is 16.7 Å². The van der Waals surface area contributed by atoms with Crippen LogP contribution in [0.15, 0.2) is 33.5 Å². The van der Waals surface area contributed by atoms with Gasteiger partial charge in [0.25, 0.3) is 5.91 Å². The lowest BCUT2D eigenvalue weighted by Crippen LogP contribution is -2.28. The molecule has 0 saturated carbocycles. The number of ether oxygens (including phenoxy) is 2. The van der Waals surface area contributed by atoms with Crippen molar-refractivity contribution in [1.29, 1.82) is 0 Å². The Morgan fingerprint density at radius 1 is 1.37 bits per heavy atom. The van der Waals surface area contributed by atoms with Crippen molar-refractivity contribution >= 4 is 51.4 Å². The van der Waals surface area contributed by atoms with E-state index in [0.29, 0.717) is 33.2 Å². The number of likely N-dealkylation sites (N-methyl/N-ethyl adjacent to an activating group) is 1. The first-order valence-corrected chi connectivity index (χ1v) is 10.9. The van der Waals surface area contributed by atoms with E-state index in [1.165, 1.54) is 30.2 Å². The molecule has 158 valence electrons. The molecule has 1 aliphatic rings. The third-order valence-electron chi connectivity index (χ3n) is 4.06. The van der Waals surface area contributed by atoms with Crippen molar-refractivity contribution in [2.24, 2.45) is 4.99 Å². The van der Waals surface area contributed by atoms with Gasteiger partial charge in [-0.05, 0) is 49.4 Å². The highest BCUT2D eigenvalue weighted by molar-refractivity contribution is 8.18. The van der Waals surface area contributed by atoms with E-state index in [9.17, 15) is 9.59 Å². The third kappa shape index (κ3) is 5.19. The minimum Gasteiger partial charge on any atom is -0.493 e. The summed E-state index contributed by atoms with van der Waals surface area (Å²) in [6.45, 7) is 4.35. The van der Waals surface area contributed by atoms with Crippen LogP contribution in [0.3, 0.4) is 0 Å². The molecule has 1 aromatic carbocycles. The Hall–Kier alpha value is -2.85. The molecule has 0 atom stereocenters. The van der Waals surface area contributed by atoms with E-state index in [1.54, 1.807) is 29.2 Å². The molecule has 2 aromatic rings. The van der Waals surface area contributed by atoms with Gasteiger partial charge in [0.1, 0.15) is 0 Å². The Labute approximate surface area is 182 Å². The number of amides is 1. The molecule has 8 nitrogen and oxygen atoms in total. The first kappa shape index (κ1) is 21.8. The molecule has 1 saturated heterocycles. The predicted molar refractivity (Wildman–Crippen MR) is 118 cm³/mol. The van der Waals surface area contributed by atoms with E-state index < -0.39 is 5.97 Å². The first-order valence-electron chi connectivity index (χ1n) is 9.16. The summed E-state index contributed by atoms with van der Waals surface area (Å²) >= 11 is 2.74. The zero-order valence-corrected chi connectivity index (χ0v) is 18.4. The molecule has 30 heavy (non-hydrogen) atoms. The van der Waals surface area contributed by atoms with Gasteiger partial charge in [0, 0.05) is 11.9 Å². The lowest BCUT2D eigenvalue weighted by Gasteiger charge is -2.11. The second-order valence-electron chi connectivity index (χ2n) is 6.23. The maximum absolute atomic E-state index is 12.8. The Bertz CT molecular complexity index is 1020. The van der Waals surface area contributed by atoms with Gasteiger partial charge in [-0.2, -0.15) is 4.99 Å². The first-order chi connectivity index (χ1) is 14.4. The molecule has 0 aliphatic carbocycles. The highest BCUT2D eigenvalue weighted by atomic mass is 32.2. The molecule has 1 N–H and O–H groups in total. The summed E-state index contributed by atoms with van der Waals surface area (Å²) in [7, 11) is 1.51. The average molecular weight is 448 g/mol. The van der Waals surface area contributed by atoms with Crippen LogP contribution in [-0.2, 0) is 9.59 Å². The van der Waals surface area contributed by atoms with E-state index in [0.717, 1.165) is 11.3 Å². The molecule has 2 heterocycles. The highest BCUT2D eigenvalue weighted by Crippen LogP contribution is 2.36. The van der Waals surface area contributed by atoms with Gasteiger partial charge < -0.3 is 14.6 Å². The fraction of sp³-hybridized carbons (Fsp3) is 0.300. The van der Waals surface area contributed by atoms with E-state index in [-0.39, 0.29) is 18.9 Å². The van der Waals surface area contributed by atoms with Crippen LogP contribution in [0.1, 0.15) is 24.6 Å². The minimum atomic E-state index is -0.932. The number of methoxy groups -OCH3 is 1. The number of carboxylic acids is 1. The van der Waals surface area contributed by atoms with Crippen LogP contribution in [0.5, 0.6) is 11.5 Å². The van der Waals surface area contributed by atoms with Crippen LogP contribution in [0.4, 0.5) is 5.13 Å². The van der Waals surface area contributed by atoms with Gasteiger partial charge in [-0.25, -0.2) is 4.98 Å². The zero-order valence-electron chi connectivity index (χ0n) is 16.7. The maximum Gasteiger partial charge on any atom is 0.306 e. The van der Waals surface area contributed by atoms with Crippen LogP contribution in [0.25, 0.3) is 6.08 Å². The Balaban J connectivity index is 1.82. The summed E-state index contributed by atoms with van der Waals surface area (Å²) in [5, 5.41) is 11.9. The second kappa shape index (κ2) is 9.77. The number of nitrogens with zero attached hydrogens (tertiary/aromatic N) is 3. The number of benzene rings is 1. The summed E-state index contributed by atoms with van der Waals surface area (Å²) < 4.78 is 10.8. The molecule has 1 aliphatic heterocycles. The molecule has 1 fully saturated rings. The van der Waals surface area contributed by atoms with Gasteiger partial charge in [-0.15, -0.1) is 11.3 Å². The van der Waals surface area contributed by atoms with Gasteiger partial charge in [-0.3, -0.25) is 14.5 Å². The summed E-state index contributed by atoms with van der Waals surface area (Å²) in [5.74, 6) is -0.138. The number of carbonyl (C=O) groups is 2. The largest absolute Gasteiger partial charge is 0.493 e. The normalized spacial score (nSPS) is 16.5. The van der Waals surface area contributed by atoms with Crippen molar-refractivity contribution < 1.29 is 24.2 Å². The fourth-order valence-corrected chi connectivity index (χ4v) is 4.40. The number of aromatic nitrogens is 1. The summed E-state index contributed by atoms with van der Waals surface area (Å²) in [6, 6.07) is 5.23. The van der Waals surface area contributed by atoms with Crippen molar-refractivity contribution in [3.63, 3.8) is 0 Å². The number of hydrogen-bond acceptors (Lipinski definition) is 8. The predicted octanol–water partition coefficient (Wildman–Crippen LogP) is 3.94. The smallest absolute Gasteiger partial charge is 0.306 e. The maximum atomic E-state index is 12.8. The van der Waals surface area contributed by atoms with E-state index in [2.05, 4.69) is 9.98 Å². The zero-order chi connectivity index (χ0) is 21.7. The molecule has 0 unspecified atom stereocenters. The van der Waals surface area contributed by atoms with Crippen molar-refractivity contribution in [3.05, 3.63) is 39.7 Å². The topological polar surface area (TPSA) is 101 Å². The van der Waals surface area contributed by atoms with Crippen molar-refractivity contribution in [3.8, 4) is 11.5 Å². The molecular formula is C20H21N3O5S2. The van der Waals surface area contributed by atoms with Crippen LogP contribution in [0.2, 0.25) is 0 Å². The summed E-state index contributed by atoms with van der Waals surface area (Å²) in [4.78, 5) is 34.5. The van der Waals surface area contributed by atoms with Crippen LogP contribution in [0, 0.1) is 6.92 Å². The second-order valence-corrected chi connectivity index (χ2v) is 8.07. The number of carboxylic acid groups (broad SMARTS) is 1. The lowest BCUT2D eigenvalue weighted by atomic mass is 10.2. The number of thiazole rings is 1. The van der Waals surface area contributed by atoms with Gasteiger partial charge >= 0.3 is 5.97 Å². The number of aliphatic imine (C=N–C) groups is 1. The SMILES string of the molecule is CCN1C(=O)/C(=C\c2ccc(OCCC(=O)O)c(OC)c2)S/C1=N/c1nc(C)cs1. The van der Waals surface area contributed by atoms with Crippen LogP contribution in [-0.4, -0.2) is 52.3 Å². The molecule has 1 aromatic heterocycles. The number of amidine groups is 1. The molecular weight excluding hydrogens is 426 g/mol. The Morgan fingerprint density at radius 3 is 2.80 bits per heavy atom. The molecule has 0 spiro atoms. The van der Waals surface area contributed by atoms with Crippen molar-refractivity contribution in [1.82, 2.24) is 9.88 Å². The third-order valence-corrected chi connectivity index (χ3v) is 5.92. The average Bonchev–Trinajstić information content (AvgIpc) is 3.25. The molecule has 0 bridgehead atoms. The van der Waals surface area contributed by atoms with Crippen molar-refractivity contribution in [2.75, 3.05) is 20.3 Å². The van der Waals surface area contributed by atoms with Gasteiger partial charge in [0.05, 0.1) is 30.7 Å². The minimum absolute atomic E-state index is 0.0436. The van der Waals surface area contributed by atoms with E-state index in [4.69, 9.17) is 14.6 Å². The Morgan fingerprint density at radius 2 is 2.17 bits per heavy atom. The standard InChI is InChI=1S/C20H21N3O5S2/c1-4-23-18(26)16(30-20(23)22-19-21-12(2)11-29-19)10-13-5-6-14(15(9-13)27-3)28-8-7-17(24)25/h5-6,9-11H,4,7-8H2,1-3H3,(H,24,25)/b16-10+,22-20+. The van der Waals surface area contributed by atoms with Crippen LogP contribution >= 0.6 is 23.1 Å². The number of rotatable bonds is 8. The summed E-state index contributed by atoms with van der Waals surface area (Å²) in [6.07, 6.45) is 1.67. The summed E-state index contributed by atoms with van der Waals surface area (Å²) in [5.41, 5.74) is 1.65. The van der Waals surface area contributed by atoms with E-state index in [1.807, 2.05) is 19.2 Å². The number of aliphatic carboxylic acids is 1.